The molecule has 1 aromatic heterocycles. The minimum absolute atomic E-state index is 0.456. The van der Waals surface area contributed by atoms with Gasteiger partial charge >= 0.3 is 0 Å². The molecule has 7 heteroatoms. The van der Waals surface area contributed by atoms with E-state index in [1.54, 1.807) is 7.11 Å². The Labute approximate surface area is 191 Å². The molecule has 0 bridgehead atoms. The predicted octanol–water partition coefficient (Wildman–Crippen LogP) is 5.17. The maximum atomic E-state index is 10.6. The molecule has 0 aliphatic carbocycles. The Morgan fingerprint density at radius 3 is 2.44 bits per heavy atom. The molecule has 4 rings (SSSR count). The van der Waals surface area contributed by atoms with Gasteiger partial charge < -0.3 is 14.6 Å². The van der Waals surface area contributed by atoms with Gasteiger partial charge in [-0.2, -0.15) is 0 Å². The lowest BCUT2D eigenvalue weighted by atomic mass is 10.1. The molecule has 0 aliphatic rings. The Balaban J connectivity index is 1.68. The van der Waals surface area contributed by atoms with Crippen LogP contribution in [0.25, 0.3) is 17.1 Å². The molecule has 164 valence electrons. The summed E-state index contributed by atoms with van der Waals surface area (Å²) in [5.74, 6) is 2.71. The number of ether oxygens (including phenoxy) is 2. The van der Waals surface area contributed by atoms with Crippen molar-refractivity contribution >= 4 is 11.8 Å². The second-order valence-electron chi connectivity index (χ2n) is 7.04. The summed E-state index contributed by atoms with van der Waals surface area (Å²) in [5, 5.41) is 20.2. The first-order valence-corrected chi connectivity index (χ1v) is 11.4. The zero-order valence-electron chi connectivity index (χ0n) is 18.0. The summed E-state index contributed by atoms with van der Waals surface area (Å²) in [4.78, 5) is 0. The Morgan fingerprint density at radius 1 is 0.938 bits per heavy atom. The maximum absolute atomic E-state index is 10.6. The number of aromatic nitrogens is 3. The van der Waals surface area contributed by atoms with Crippen molar-refractivity contribution in [3.63, 3.8) is 0 Å². The average molecular weight is 448 g/mol. The Morgan fingerprint density at radius 2 is 1.72 bits per heavy atom. The van der Waals surface area contributed by atoms with Crippen molar-refractivity contribution < 1.29 is 14.6 Å². The van der Waals surface area contributed by atoms with Crippen LogP contribution in [0.2, 0.25) is 0 Å². The third-order valence-corrected chi connectivity index (χ3v) is 5.93. The number of thioether (sulfide) groups is 1. The molecule has 0 aliphatic heterocycles. The van der Waals surface area contributed by atoms with E-state index in [-0.39, 0.29) is 0 Å². The Kier molecular flexibility index (Phi) is 7.09. The molecular weight excluding hydrogens is 422 g/mol. The highest BCUT2D eigenvalue weighted by Gasteiger charge is 2.18. The Hall–Kier alpha value is -3.29. The van der Waals surface area contributed by atoms with E-state index >= 15 is 0 Å². The van der Waals surface area contributed by atoms with E-state index < -0.39 is 6.10 Å². The van der Waals surface area contributed by atoms with Gasteiger partial charge in [-0.1, -0.05) is 54.2 Å². The van der Waals surface area contributed by atoms with Gasteiger partial charge in [-0.3, -0.25) is 4.57 Å². The molecule has 0 unspecified atom stereocenters. The first-order chi connectivity index (χ1) is 15.7. The first kappa shape index (κ1) is 21.9. The summed E-state index contributed by atoms with van der Waals surface area (Å²) in [6.07, 6.45) is -0.605. The highest BCUT2D eigenvalue weighted by Crippen LogP contribution is 2.32. The lowest BCUT2D eigenvalue weighted by Gasteiger charge is -2.13. The number of rotatable bonds is 9. The van der Waals surface area contributed by atoms with Crippen LogP contribution in [-0.4, -0.2) is 39.3 Å². The van der Waals surface area contributed by atoms with Crippen molar-refractivity contribution in [1.29, 1.82) is 0 Å². The van der Waals surface area contributed by atoms with Crippen LogP contribution >= 0.6 is 11.8 Å². The lowest BCUT2D eigenvalue weighted by molar-refractivity contribution is 0.204. The van der Waals surface area contributed by atoms with E-state index in [4.69, 9.17) is 9.47 Å². The highest BCUT2D eigenvalue weighted by molar-refractivity contribution is 7.99. The fourth-order valence-corrected chi connectivity index (χ4v) is 4.25. The average Bonchev–Trinajstić information content (AvgIpc) is 3.28. The van der Waals surface area contributed by atoms with E-state index in [9.17, 15) is 5.11 Å². The van der Waals surface area contributed by atoms with Crippen LogP contribution in [0.3, 0.4) is 0 Å². The standard InChI is InChI=1S/C25H25N3O3S/c1-3-31-21-14-12-20(13-15-21)28-24(19-10-7-11-22(16-19)30-2)26-27-25(28)32-17-23(29)18-8-5-4-6-9-18/h4-16,23,29H,3,17H2,1-2H3/t23-/m0/s1. The summed E-state index contributed by atoms with van der Waals surface area (Å²) < 4.78 is 13.0. The fraction of sp³-hybridized carbons (Fsp3) is 0.200. The van der Waals surface area contributed by atoms with Gasteiger partial charge in [0.2, 0.25) is 0 Å². The number of aliphatic hydroxyl groups is 1. The molecule has 3 aromatic carbocycles. The van der Waals surface area contributed by atoms with Crippen molar-refractivity contribution in [3.05, 3.63) is 84.4 Å². The predicted molar refractivity (Wildman–Crippen MR) is 127 cm³/mol. The number of hydrogen-bond acceptors (Lipinski definition) is 6. The van der Waals surface area contributed by atoms with Crippen LogP contribution in [0.5, 0.6) is 11.5 Å². The number of benzene rings is 3. The largest absolute Gasteiger partial charge is 0.497 e. The van der Waals surface area contributed by atoms with Gasteiger partial charge in [0.1, 0.15) is 11.5 Å². The molecule has 0 spiro atoms. The van der Waals surface area contributed by atoms with Crippen molar-refractivity contribution in [2.45, 2.75) is 18.2 Å². The molecule has 4 aromatic rings. The van der Waals surface area contributed by atoms with Crippen LogP contribution in [0, 0.1) is 0 Å². The summed E-state index contributed by atoms with van der Waals surface area (Å²) in [7, 11) is 1.64. The summed E-state index contributed by atoms with van der Waals surface area (Å²) in [5.41, 5.74) is 2.68. The minimum atomic E-state index is -0.605. The van der Waals surface area contributed by atoms with Crippen molar-refractivity contribution in [3.8, 4) is 28.6 Å². The molecule has 1 N–H and O–H groups in total. The molecule has 6 nitrogen and oxygen atoms in total. The number of hydrogen-bond donors (Lipinski definition) is 1. The van der Waals surface area contributed by atoms with E-state index in [2.05, 4.69) is 10.2 Å². The SMILES string of the molecule is CCOc1ccc(-n2c(SC[C@H](O)c3ccccc3)nnc2-c2cccc(OC)c2)cc1. The van der Waals surface area contributed by atoms with Crippen LogP contribution in [0.15, 0.2) is 84.0 Å². The van der Waals surface area contributed by atoms with Crippen LogP contribution in [0.1, 0.15) is 18.6 Å². The molecule has 0 radical (unpaired) electrons. The zero-order valence-corrected chi connectivity index (χ0v) is 18.8. The first-order valence-electron chi connectivity index (χ1n) is 10.4. The van der Waals surface area contributed by atoms with E-state index in [1.807, 2.05) is 90.4 Å². The summed E-state index contributed by atoms with van der Waals surface area (Å²) in [6, 6.07) is 25.2. The topological polar surface area (TPSA) is 69.4 Å². The third kappa shape index (κ3) is 4.95. The number of nitrogens with zero attached hydrogens (tertiary/aromatic N) is 3. The van der Waals surface area contributed by atoms with Crippen LogP contribution in [0.4, 0.5) is 0 Å². The van der Waals surface area contributed by atoms with E-state index in [0.29, 0.717) is 23.3 Å². The molecule has 1 heterocycles. The van der Waals surface area contributed by atoms with Gasteiger partial charge in [0, 0.05) is 17.0 Å². The highest BCUT2D eigenvalue weighted by atomic mass is 32.2. The molecule has 0 saturated carbocycles. The van der Waals surface area contributed by atoms with E-state index in [0.717, 1.165) is 28.3 Å². The van der Waals surface area contributed by atoms with Gasteiger partial charge in [0.05, 0.1) is 19.8 Å². The van der Waals surface area contributed by atoms with Gasteiger partial charge in [-0.15, -0.1) is 10.2 Å². The molecule has 0 fully saturated rings. The van der Waals surface area contributed by atoms with Gasteiger partial charge in [0.15, 0.2) is 11.0 Å². The summed E-state index contributed by atoms with van der Waals surface area (Å²) in [6.45, 7) is 2.57. The third-order valence-electron chi connectivity index (χ3n) is 4.92. The quantitative estimate of drug-likeness (QED) is 0.357. The molecule has 0 saturated heterocycles. The second kappa shape index (κ2) is 10.3. The van der Waals surface area contributed by atoms with Crippen LogP contribution < -0.4 is 9.47 Å². The molecule has 0 amide bonds. The molecule has 1 atom stereocenters. The number of methoxy groups -OCH3 is 1. The molecule has 32 heavy (non-hydrogen) atoms. The zero-order chi connectivity index (χ0) is 22.3. The summed E-state index contributed by atoms with van der Waals surface area (Å²) >= 11 is 1.46. The van der Waals surface area contributed by atoms with Crippen LogP contribution in [-0.2, 0) is 0 Å². The normalized spacial score (nSPS) is 11.8. The monoisotopic (exact) mass is 447 g/mol. The second-order valence-corrected chi connectivity index (χ2v) is 8.03. The maximum Gasteiger partial charge on any atom is 0.196 e. The smallest absolute Gasteiger partial charge is 0.196 e. The molecular formula is C25H25N3O3S. The van der Waals surface area contributed by atoms with Crippen molar-refractivity contribution in [2.75, 3.05) is 19.5 Å². The van der Waals surface area contributed by atoms with Crippen molar-refractivity contribution in [1.82, 2.24) is 14.8 Å². The Bertz CT molecular complexity index is 1150. The fourth-order valence-electron chi connectivity index (χ4n) is 3.33. The lowest BCUT2D eigenvalue weighted by Crippen LogP contribution is -2.04. The minimum Gasteiger partial charge on any atom is -0.497 e. The van der Waals surface area contributed by atoms with Gasteiger partial charge in [-0.05, 0) is 48.9 Å². The van der Waals surface area contributed by atoms with Crippen molar-refractivity contribution in [2.24, 2.45) is 0 Å². The number of aliphatic hydroxyl groups excluding tert-OH is 1. The van der Waals surface area contributed by atoms with Gasteiger partial charge in [-0.25, -0.2) is 0 Å². The van der Waals surface area contributed by atoms with E-state index in [1.165, 1.54) is 11.8 Å². The van der Waals surface area contributed by atoms with Gasteiger partial charge in [0.25, 0.3) is 0 Å².